The van der Waals surface area contributed by atoms with Crippen molar-refractivity contribution in [3.8, 4) is 0 Å². The van der Waals surface area contributed by atoms with Crippen molar-refractivity contribution in [2.24, 2.45) is 0 Å². The molecule has 3 rings (SSSR count). The fraction of sp³-hybridized carbons (Fsp3) is 0.133. The Hall–Kier alpha value is -2.29. The molecule has 0 unspecified atom stereocenters. The van der Waals surface area contributed by atoms with Crippen LogP contribution in [0.1, 0.15) is 21.5 Å². The molecule has 0 spiro atoms. The highest BCUT2D eigenvalue weighted by Gasteiger charge is 2.27. The van der Waals surface area contributed by atoms with Crippen LogP contribution in [0.3, 0.4) is 0 Å². The molecule has 1 aliphatic rings. The normalized spacial score (nSPS) is 13.8. The fourth-order valence-electron chi connectivity index (χ4n) is 2.31. The van der Waals surface area contributed by atoms with E-state index in [-0.39, 0.29) is 5.91 Å². The first-order valence-electron chi connectivity index (χ1n) is 5.95. The molecule has 18 heavy (non-hydrogen) atoms. The predicted octanol–water partition coefficient (Wildman–Crippen LogP) is 2.42. The molecule has 0 fully saturated rings. The smallest absolute Gasteiger partial charge is 0.254 e. The van der Waals surface area contributed by atoms with E-state index in [1.807, 2.05) is 47.4 Å². The molecule has 1 aliphatic heterocycles. The predicted molar refractivity (Wildman–Crippen MR) is 70.9 cm³/mol. The maximum absolute atomic E-state index is 12.2. The van der Waals surface area contributed by atoms with Gasteiger partial charge in [-0.2, -0.15) is 0 Å². The lowest BCUT2D eigenvalue weighted by molar-refractivity contribution is 0.0766. The third-order valence-corrected chi connectivity index (χ3v) is 3.23. The molecule has 1 amide bonds. The summed E-state index contributed by atoms with van der Waals surface area (Å²) in [6.07, 6.45) is 0. The maximum atomic E-state index is 12.2. The van der Waals surface area contributed by atoms with E-state index < -0.39 is 0 Å². The lowest BCUT2D eigenvalue weighted by atomic mass is 10.1. The SMILES string of the molecule is Nc1ccc2c(c1)C(=O)N(Cc1ccccc1)C2. The monoisotopic (exact) mass is 238 g/mol. The first-order chi connectivity index (χ1) is 8.74. The van der Waals surface area contributed by atoms with Crippen molar-refractivity contribution in [1.82, 2.24) is 4.90 Å². The summed E-state index contributed by atoms with van der Waals surface area (Å²) in [5.74, 6) is 0.0705. The molecular weight excluding hydrogens is 224 g/mol. The number of nitrogen functional groups attached to an aromatic ring is 1. The number of carbonyl (C=O) groups is 1. The van der Waals surface area contributed by atoms with Crippen molar-refractivity contribution < 1.29 is 4.79 Å². The molecular formula is C15H14N2O. The number of carbonyl (C=O) groups excluding carboxylic acids is 1. The number of hydrogen-bond donors (Lipinski definition) is 1. The van der Waals surface area contributed by atoms with E-state index in [0.717, 1.165) is 16.7 Å². The van der Waals surface area contributed by atoms with Gasteiger partial charge in [-0.1, -0.05) is 36.4 Å². The van der Waals surface area contributed by atoms with Crippen LogP contribution in [0.4, 0.5) is 5.69 Å². The van der Waals surface area contributed by atoms with Crippen molar-refractivity contribution in [1.29, 1.82) is 0 Å². The molecule has 2 aromatic rings. The van der Waals surface area contributed by atoms with Crippen molar-refractivity contribution in [3.63, 3.8) is 0 Å². The second kappa shape index (κ2) is 4.18. The zero-order valence-electron chi connectivity index (χ0n) is 9.97. The van der Waals surface area contributed by atoms with Crippen LogP contribution in [0.25, 0.3) is 0 Å². The molecule has 0 bridgehead atoms. The Morgan fingerprint density at radius 1 is 1.11 bits per heavy atom. The van der Waals surface area contributed by atoms with E-state index in [1.165, 1.54) is 0 Å². The van der Waals surface area contributed by atoms with Gasteiger partial charge < -0.3 is 10.6 Å². The van der Waals surface area contributed by atoms with E-state index in [9.17, 15) is 4.79 Å². The average Bonchev–Trinajstić information content (AvgIpc) is 2.68. The summed E-state index contributed by atoms with van der Waals surface area (Å²) in [6.45, 7) is 1.32. The van der Waals surface area contributed by atoms with E-state index in [1.54, 1.807) is 6.07 Å². The Kier molecular flexibility index (Phi) is 2.52. The van der Waals surface area contributed by atoms with Gasteiger partial charge >= 0.3 is 0 Å². The largest absolute Gasteiger partial charge is 0.399 e. The standard InChI is InChI=1S/C15H14N2O/c16-13-7-6-12-10-17(15(18)14(12)8-13)9-11-4-2-1-3-5-11/h1-8H,9-10,16H2. The maximum Gasteiger partial charge on any atom is 0.254 e. The molecule has 2 N–H and O–H groups in total. The Morgan fingerprint density at radius 2 is 1.89 bits per heavy atom. The van der Waals surface area contributed by atoms with Gasteiger partial charge in [0.2, 0.25) is 0 Å². The summed E-state index contributed by atoms with van der Waals surface area (Å²) in [5, 5.41) is 0. The molecule has 0 saturated heterocycles. The zero-order chi connectivity index (χ0) is 12.5. The summed E-state index contributed by atoms with van der Waals surface area (Å²) in [5.41, 5.74) is 9.31. The number of nitrogens with zero attached hydrogens (tertiary/aromatic N) is 1. The van der Waals surface area contributed by atoms with Crippen LogP contribution in [-0.4, -0.2) is 10.8 Å². The lowest BCUT2D eigenvalue weighted by Gasteiger charge is -2.15. The van der Waals surface area contributed by atoms with Crippen LogP contribution in [0, 0.1) is 0 Å². The Bertz CT molecular complexity index is 593. The van der Waals surface area contributed by atoms with Gasteiger partial charge in [0.1, 0.15) is 0 Å². The van der Waals surface area contributed by atoms with E-state index in [0.29, 0.717) is 18.8 Å². The quantitative estimate of drug-likeness (QED) is 0.817. The molecule has 0 saturated carbocycles. The molecule has 2 aromatic carbocycles. The number of fused-ring (bicyclic) bond motifs is 1. The molecule has 3 heteroatoms. The molecule has 0 aliphatic carbocycles. The van der Waals surface area contributed by atoms with Crippen LogP contribution in [0.5, 0.6) is 0 Å². The summed E-state index contributed by atoms with van der Waals surface area (Å²) in [7, 11) is 0. The van der Waals surface area contributed by atoms with Crippen molar-refractivity contribution in [3.05, 3.63) is 65.2 Å². The minimum atomic E-state index is 0.0705. The molecule has 0 aromatic heterocycles. The highest BCUT2D eigenvalue weighted by molar-refractivity contribution is 5.99. The third kappa shape index (κ3) is 1.84. The number of nitrogens with two attached hydrogens (primary N) is 1. The van der Waals surface area contributed by atoms with Crippen LogP contribution in [0.2, 0.25) is 0 Å². The summed E-state index contributed by atoms with van der Waals surface area (Å²) < 4.78 is 0. The Labute approximate surface area is 106 Å². The molecule has 3 nitrogen and oxygen atoms in total. The number of benzene rings is 2. The van der Waals surface area contributed by atoms with Gasteiger partial charge in [0.05, 0.1) is 0 Å². The minimum absolute atomic E-state index is 0.0705. The highest BCUT2D eigenvalue weighted by atomic mass is 16.2. The number of rotatable bonds is 2. The van der Waals surface area contributed by atoms with Crippen LogP contribution < -0.4 is 5.73 Å². The Morgan fingerprint density at radius 3 is 2.67 bits per heavy atom. The van der Waals surface area contributed by atoms with Crippen molar-refractivity contribution in [2.75, 3.05) is 5.73 Å². The van der Waals surface area contributed by atoms with Gasteiger partial charge in [-0.3, -0.25) is 4.79 Å². The molecule has 0 atom stereocenters. The third-order valence-electron chi connectivity index (χ3n) is 3.23. The van der Waals surface area contributed by atoms with E-state index >= 15 is 0 Å². The summed E-state index contributed by atoms with van der Waals surface area (Å²) in [4.78, 5) is 14.1. The van der Waals surface area contributed by atoms with Gasteiger partial charge in [-0.05, 0) is 23.3 Å². The second-order valence-electron chi connectivity index (χ2n) is 4.56. The van der Waals surface area contributed by atoms with Gasteiger partial charge in [0.15, 0.2) is 0 Å². The number of amides is 1. The Balaban J connectivity index is 1.85. The highest BCUT2D eigenvalue weighted by Crippen LogP contribution is 2.25. The molecule has 90 valence electrons. The zero-order valence-corrected chi connectivity index (χ0v) is 9.97. The first kappa shape index (κ1) is 10.8. The van der Waals surface area contributed by atoms with E-state index in [2.05, 4.69) is 0 Å². The number of anilines is 1. The molecule has 1 heterocycles. The van der Waals surface area contributed by atoms with Crippen molar-refractivity contribution in [2.45, 2.75) is 13.1 Å². The van der Waals surface area contributed by atoms with Crippen LogP contribution in [-0.2, 0) is 13.1 Å². The fourth-order valence-corrected chi connectivity index (χ4v) is 2.31. The second-order valence-corrected chi connectivity index (χ2v) is 4.56. The lowest BCUT2D eigenvalue weighted by Crippen LogP contribution is -2.23. The number of hydrogen-bond acceptors (Lipinski definition) is 2. The summed E-state index contributed by atoms with van der Waals surface area (Å²) >= 11 is 0. The molecule has 0 radical (unpaired) electrons. The topological polar surface area (TPSA) is 46.3 Å². The summed E-state index contributed by atoms with van der Waals surface area (Å²) in [6, 6.07) is 15.6. The van der Waals surface area contributed by atoms with Gasteiger partial charge in [-0.15, -0.1) is 0 Å². The first-order valence-corrected chi connectivity index (χ1v) is 5.95. The average molecular weight is 238 g/mol. The van der Waals surface area contributed by atoms with Crippen molar-refractivity contribution >= 4 is 11.6 Å². The van der Waals surface area contributed by atoms with Crippen LogP contribution in [0.15, 0.2) is 48.5 Å². The van der Waals surface area contributed by atoms with Crippen LogP contribution >= 0.6 is 0 Å². The minimum Gasteiger partial charge on any atom is -0.399 e. The van der Waals surface area contributed by atoms with Gasteiger partial charge in [0, 0.05) is 24.3 Å². The van der Waals surface area contributed by atoms with Gasteiger partial charge in [-0.25, -0.2) is 0 Å². The van der Waals surface area contributed by atoms with E-state index in [4.69, 9.17) is 5.73 Å². The van der Waals surface area contributed by atoms with Gasteiger partial charge in [0.25, 0.3) is 5.91 Å².